The van der Waals surface area contributed by atoms with Crippen LogP contribution in [0.2, 0.25) is 0 Å². The molecule has 0 aliphatic rings. The Morgan fingerprint density at radius 3 is 2.28 bits per heavy atom. The van der Waals surface area contributed by atoms with Crippen LogP contribution in [0.5, 0.6) is 5.75 Å². The van der Waals surface area contributed by atoms with Crippen molar-refractivity contribution >= 4 is 33.0 Å². The number of hydrogen-bond donors (Lipinski definition) is 0. The fourth-order valence-corrected chi connectivity index (χ4v) is 3.52. The third-order valence-electron chi connectivity index (χ3n) is 3.63. The van der Waals surface area contributed by atoms with Crippen LogP contribution in [0.4, 0.5) is 21.6 Å². The molecule has 0 aliphatic carbocycles. The Kier molecular flexibility index (Phi) is 6.30. The van der Waals surface area contributed by atoms with Gasteiger partial charge in [-0.2, -0.15) is 0 Å². The van der Waals surface area contributed by atoms with Crippen molar-refractivity contribution in [2.45, 2.75) is 39.8 Å². The van der Waals surface area contributed by atoms with Crippen LogP contribution >= 0.6 is 11.3 Å². The lowest BCUT2D eigenvalue weighted by atomic mass is 10.2. The molecule has 1 heterocycles. The number of nitrogens with zero attached hydrogens (tertiary/aromatic N) is 6. The number of ether oxygens (including phenoxy) is 1. The Balaban J connectivity index is 2.20. The summed E-state index contributed by atoms with van der Waals surface area (Å²) in [5.74, 6) is 0.755. The summed E-state index contributed by atoms with van der Waals surface area (Å²) < 4.78 is 5.41. The molecule has 25 heavy (non-hydrogen) atoms. The van der Waals surface area contributed by atoms with Gasteiger partial charge in [0.1, 0.15) is 5.75 Å². The first kappa shape index (κ1) is 19.1. The van der Waals surface area contributed by atoms with Crippen LogP contribution in [-0.2, 0) is 0 Å². The monoisotopic (exact) mass is 362 g/mol. The predicted molar refractivity (Wildman–Crippen MR) is 104 cm³/mol. The summed E-state index contributed by atoms with van der Waals surface area (Å²) in [4.78, 5) is 4.20. The topological polar surface area (TPSA) is 66.2 Å². The van der Waals surface area contributed by atoms with Crippen LogP contribution < -0.4 is 14.5 Å². The lowest BCUT2D eigenvalue weighted by Gasteiger charge is -2.29. The Morgan fingerprint density at radius 2 is 1.72 bits per heavy atom. The van der Waals surface area contributed by atoms with Gasteiger partial charge >= 0.3 is 0 Å². The number of anilines is 2. The van der Waals surface area contributed by atoms with Gasteiger partial charge in [0.2, 0.25) is 5.13 Å². The van der Waals surface area contributed by atoms with Gasteiger partial charge in [-0.05, 0) is 39.8 Å². The molecule has 136 valence electrons. The highest BCUT2D eigenvalue weighted by Crippen LogP contribution is 2.33. The van der Waals surface area contributed by atoms with Gasteiger partial charge in [-0.25, -0.2) is 0 Å². The molecule has 0 bridgehead atoms. The van der Waals surface area contributed by atoms with E-state index in [-0.39, 0.29) is 0 Å². The molecule has 1 aromatic carbocycles. The summed E-state index contributed by atoms with van der Waals surface area (Å²) in [5.41, 5.74) is 1.70. The molecule has 7 nitrogen and oxygen atoms in total. The predicted octanol–water partition coefficient (Wildman–Crippen LogP) is 4.65. The highest BCUT2D eigenvalue weighted by Gasteiger charge is 2.18. The van der Waals surface area contributed by atoms with E-state index < -0.39 is 0 Å². The lowest BCUT2D eigenvalue weighted by Crippen LogP contribution is -2.36. The standard InChI is InChI=1S/C17H26N6OS/c1-11(2)23(12(3)4)17-21-20-16(25-17)19-18-13-8-9-14(22(5)6)15(10-13)24-7/h8-12H,1-7H3. The summed E-state index contributed by atoms with van der Waals surface area (Å²) in [5, 5.41) is 18.3. The molecule has 2 rings (SSSR count). The number of aromatic nitrogens is 2. The van der Waals surface area contributed by atoms with Crippen LogP contribution in [-0.4, -0.2) is 43.5 Å². The van der Waals surface area contributed by atoms with Crippen molar-refractivity contribution in [2.75, 3.05) is 31.0 Å². The van der Waals surface area contributed by atoms with Crippen LogP contribution in [0.3, 0.4) is 0 Å². The van der Waals surface area contributed by atoms with E-state index in [9.17, 15) is 0 Å². The van der Waals surface area contributed by atoms with E-state index in [1.54, 1.807) is 7.11 Å². The molecular formula is C17H26N6OS. The Hall–Kier alpha value is -2.22. The minimum atomic E-state index is 0.348. The van der Waals surface area contributed by atoms with Gasteiger partial charge in [-0.1, -0.05) is 11.3 Å². The molecule has 0 N–H and O–H groups in total. The molecule has 0 amide bonds. The van der Waals surface area contributed by atoms with Gasteiger partial charge in [0.05, 0.1) is 18.5 Å². The fraction of sp³-hybridized carbons (Fsp3) is 0.529. The Morgan fingerprint density at radius 1 is 1.04 bits per heavy atom. The Bertz CT molecular complexity index is 718. The first-order chi connectivity index (χ1) is 11.8. The molecule has 0 atom stereocenters. The number of azo groups is 1. The normalized spacial score (nSPS) is 11.6. The third kappa shape index (κ3) is 4.66. The van der Waals surface area contributed by atoms with Gasteiger partial charge in [0.15, 0.2) is 0 Å². The zero-order valence-corrected chi connectivity index (χ0v) is 16.7. The lowest BCUT2D eigenvalue weighted by molar-refractivity contribution is 0.415. The van der Waals surface area contributed by atoms with Crippen LogP contribution in [0, 0.1) is 0 Å². The quantitative estimate of drug-likeness (QED) is 0.671. The van der Waals surface area contributed by atoms with Crippen molar-refractivity contribution in [1.29, 1.82) is 0 Å². The zero-order valence-electron chi connectivity index (χ0n) is 15.9. The first-order valence-electron chi connectivity index (χ1n) is 8.22. The smallest absolute Gasteiger partial charge is 0.253 e. The zero-order chi connectivity index (χ0) is 18.6. The molecule has 1 aromatic heterocycles. The minimum absolute atomic E-state index is 0.348. The molecule has 0 spiro atoms. The molecule has 0 fully saturated rings. The molecule has 0 saturated heterocycles. The number of methoxy groups -OCH3 is 1. The average Bonchev–Trinajstić information content (AvgIpc) is 3.00. The van der Waals surface area contributed by atoms with E-state index in [1.165, 1.54) is 11.3 Å². The summed E-state index contributed by atoms with van der Waals surface area (Å²) >= 11 is 1.44. The van der Waals surface area contributed by atoms with Gasteiger partial charge in [-0.15, -0.1) is 20.4 Å². The van der Waals surface area contributed by atoms with E-state index in [0.29, 0.717) is 22.9 Å². The largest absolute Gasteiger partial charge is 0.495 e. The molecule has 0 radical (unpaired) electrons. The van der Waals surface area contributed by atoms with Crippen LogP contribution in [0.25, 0.3) is 0 Å². The van der Waals surface area contributed by atoms with E-state index in [2.05, 4.69) is 53.0 Å². The molecular weight excluding hydrogens is 336 g/mol. The van der Waals surface area contributed by atoms with Crippen LogP contribution in [0.15, 0.2) is 28.4 Å². The maximum Gasteiger partial charge on any atom is 0.253 e. The van der Waals surface area contributed by atoms with Crippen molar-refractivity contribution in [2.24, 2.45) is 10.2 Å². The highest BCUT2D eigenvalue weighted by molar-refractivity contribution is 7.18. The number of hydrogen-bond acceptors (Lipinski definition) is 8. The van der Waals surface area contributed by atoms with Crippen molar-refractivity contribution in [3.8, 4) is 5.75 Å². The SMILES string of the molecule is COc1cc(N=Nc2nnc(N(C(C)C)C(C)C)s2)ccc1N(C)C. The van der Waals surface area contributed by atoms with E-state index in [1.807, 2.05) is 37.2 Å². The second-order valence-corrected chi connectivity index (χ2v) is 7.35. The van der Waals surface area contributed by atoms with Crippen molar-refractivity contribution in [1.82, 2.24) is 10.2 Å². The fourth-order valence-electron chi connectivity index (χ4n) is 2.59. The summed E-state index contributed by atoms with van der Waals surface area (Å²) in [6, 6.07) is 6.41. The van der Waals surface area contributed by atoms with Crippen molar-refractivity contribution < 1.29 is 4.74 Å². The van der Waals surface area contributed by atoms with E-state index in [4.69, 9.17) is 4.74 Å². The van der Waals surface area contributed by atoms with Gasteiger partial charge in [-0.3, -0.25) is 0 Å². The summed E-state index contributed by atoms with van der Waals surface area (Å²) in [7, 11) is 5.58. The molecule has 0 saturated carbocycles. The summed E-state index contributed by atoms with van der Waals surface area (Å²) in [6.07, 6.45) is 0. The molecule has 8 heteroatoms. The Labute approximate surface area is 153 Å². The van der Waals surface area contributed by atoms with Gasteiger partial charge in [0.25, 0.3) is 5.13 Å². The molecule has 0 aliphatic heterocycles. The second-order valence-electron chi connectivity index (χ2n) is 6.41. The molecule has 0 unspecified atom stereocenters. The number of benzene rings is 1. The maximum atomic E-state index is 5.41. The second kappa shape index (κ2) is 8.24. The van der Waals surface area contributed by atoms with Crippen molar-refractivity contribution in [3.63, 3.8) is 0 Å². The van der Waals surface area contributed by atoms with Crippen molar-refractivity contribution in [3.05, 3.63) is 18.2 Å². The third-order valence-corrected chi connectivity index (χ3v) is 4.45. The van der Waals surface area contributed by atoms with Gasteiger partial charge < -0.3 is 14.5 Å². The van der Waals surface area contributed by atoms with E-state index >= 15 is 0 Å². The number of rotatable bonds is 7. The highest BCUT2D eigenvalue weighted by atomic mass is 32.1. The van der Waals surface area contributed by atoms with Crippen LogP contribution in [0.1, 0.15) is 27.7 Å². The molecule has 2 aromatic rings. The minimum Gasteiger partial charge on any atom is -0.495 e. The van der Waals surface area contributed by atoms with Gasteiger partial charge in [0, 0.05) is 32.2 Å². The first-order valence-corrected chi connectivity index (χ1v) is 9.04. The van der Waals surface area contributed by atoms with E-state index in [0.717, 1.165) is 16.6 Å². The maximum absolute atomic E-state index is 5.41. The average molecular weight is 363 g/mol. The summed E-state index contributed by atoms with van der Waals surface area (Å²) in [6.45, 7) is 8.56.